The smallest absolute Gasteiger partial charge is 0.102 e. The molecule has 1 aliphatic rings. The third-order valence-electron chi connectivity index (χ3n) is 5.14. The van der Waals surface area contributed by atoms with Gasteiger partial charge in [-0.3, -0.25) is 4.84 Å². The van der Waals surface area contributed by atoms with Gasteiger partial charge >= 0.3 is 0 Å². The second-order valence-corrected chi connectivity index (χ2v) is 7.22. The summed E-state index contributed by atoms with van der Waals surface area (Å²) in [7, 11) is 0. The molecule has 0 spiro atoms. The van der Waals surface area contributed by atoms with Crippen LogP contribution in [0.4, 0.5) is 0 Å². The predicted molar refractivity (Wildman–Crippen MR) is 93.6 cm³/mol. The Morgan fingerprint density at radius 1 is 1.17 bits per heavy atom. The maximum Gasteiger partial charge on any atom is 0.102 e. The first-order chi connectivity index (χ1) is 10.9. The molecule has 0 aliphatic carbocycles. The molecule has 0 radical (unpaired) electrons. The summed E-state index contributed by atoms with van der Waals surface area (Å²) in [6, 6.07) is 10.3. The van der Waals surface area contributed by atoms with Crippen molar-refractivity contribution in [2.45, 2.75) is 77.5 Å². The van der Waals surface area contributed by atoms with Crippen molar-refractivity contribution in [3.05, 3.63) is 35.9 Å². The van der Waals surface area contributed by atoms with Crippen molar-refractivity contribution < 1.29 is 10.0 Å². The summed E-state index contributed by atoms with van der Waals surface area (Å²) in [5.41, 5.74) is 1.69. The Labute approximate surface area is 140 Å². The second kappa shape index (κ2) is 7.02. The number of oxime groups is 1. The standard InChI is InChI=1S/C19H30N2O2/c1-6-19(7-2)14-17(20-22)13-18(4,5)21(19)23-15(3)16-11-9-8-10-12-16/h8-12,15,22H,6-7,13-14H2,1-5H3. The molecule has 0 bridgehead atoms. The highest BCUT2D eigenvalue weighted by Gasteiger charge is 2.49. The fourth-order valence-corrected chi connectivity index (χ4v) is 3.78. The van der Waals surface area contributed by atoms with Crippen LogP contribution in [0.2, 0.25) is 0 Å². The highest BCUT2D eigenvalue weighted by atomic mass is 16.7. The quantitative estimate of drug-likeness (QED) is 0.617. The minimum atomic E-state index is -0.213. The van der Waals surface area contributed by atoms with E-state index in [0.29, 0.717) is 6.42 Å². The molecule has 1 N–H and O–H groups in total. The number of rotatable bonds is 5. The molecule has 1 aliphatic heterocycles. The Morgan fingerprint density at radius 2 is 1.78 bits per heavy atom. The number of hydrogen-bond donors (Lipinski definition) is 1. The molecule has 1 saturated heterocycles. The molecule has 1 unspecified atom stereocenters. The zero-order valence-electron chi connectivity index (χ0n) is 15.0. The van der Waals surface area contributed by atoms with Crippen molar-refractivity contribution in [1.82, 2.24) is 5.06 Å². The van der Waals surface area contributed by atoms with Crippen LogP contribution in [0, 0.1) is 0 Å². The summed E-state index contributed by atoms with van der Waals surface area (Å²) in [6.45, 7) is 10.8. The Morgan fingerprint density at radius 3 is 2.30 bits per heavy atom. The molecular formula is C19H30N2O2. The lowest BCUT2D eigenvalue weighted by Gasteiger charge is -2.54. The number of hydroxylamine groups is 2. The van der Waals surface area contributed by atoms with Crippen LogP contribution >= 0.6 is 0 Å². The highest BCUT2D eigenvalue weighted by molar-refractivity contribution is 5.87. The molecule has 4 heteroatoms. The first-order valence-electron chi connectivity index (χ1n) is 8.60. The van der Waals surface area contributed by atoms with Crippen LogP contribution in [0.5, 0.6) is 0 Å². The highest BCUT2D eigenvalue weighted by Crippen LogP contribution is 2.43. The van der Waals surface area contributed by atoms with Crippen LogP contribution in [0.25, 0.3) is 0 Å². The summed E-state index contributed by atoms with van der Waals surface area (Å²) in [5, 5.41) is 15.0. The monoisotopic (exact) mass is 318 g/mol. The normalized spacial score (nSPS) is 23.8. The van der Waals surface area contributed by atoms with Crippen molar-refractivity contribution in [1.29, 1.82) is 0 Å². The van der Waals surface area contributed by atoms with E-state index < -0.39 is 0 Å². The summed E-state index contributed by atoms with van der Waals surface area (Å²) in [4.78, 5) is 6.48. The lowest BCUT2D eigenvalue weighted by molar-refractivity contribution is -0.302. The molecule has 2 rings (SSSR count). The van der Waals surface area contributed by atoms with Gasteiger partial charge in [0.1, 0.15) is 6.10 Å². The Hall–Kier alpha value is -1.39. The van der Waals surface area contributed by atoms with E-state index in [-0.39, 0.29) is 17.2 Å². The molecule has 1 heterocycles. The molecule has 0 aromatic heterocycles. The topological polar surface area (TPSA) is 45.1 Å². The number of benzene rings is 1. The van der Waals surface area contributed by atoms with Gasteiger partial charge in [-0.2, -0.15) is 5.06 Å². The first kappa shape index (κ1) is 18.0. The van der Waals surface area contributed by atoms with Crippen molar-refractivity contribution >= 4 is 5.71 Å². The minimum Gasteiger partial charge on any atom is -0.411 e. The average Bonchev–Trinajstić information content (AvgIpc) is 2.57. The van der Waals surface area contributed by atoms with Gasteiger partial charge in [0, 0.05) is 18.4 Å². The van der Waals surface area contributed by atoms with Gasteiger partial charge in [0.05, 0.1) is 11.3 Å². The first-order valence-corrected chi connectivity index (χ1v) is 8.60. The van der Waals surface area contributed by atoms with Crippen LogP contribution in [-0.2, 0) is 4.84 Å². The summed E-state index contributed by atoms with van der Waals surface area (Å²) < 4.78 is 0. The molecule has 1 aromatic rings. The maximum absolute atomic E-state index is 9.32. The van der Waals surface area contributed by atoms with Gasteiger partial charge in [-0.25, -0.2) is 0 Å². The lowest BCUT2D eigenvalue weighted by atomic mass is 9.76. The average molecular weight is 318 g/mol. The number of piperidine rings is 1. The SMILES string of the molecule is CCC1(CC)CC(=NO)CC(C)(C)N1OC(C)c1ccccc1. The van der Waals surface area contributed by atoms with E-state index in [1.54, 1.807) is 0 Å². The fraction of sp³-hybridized carbons (Fsp3) is 0.632. The van der Waals surface area contributed by atoms with E-state index in [0.717, 1.165) is 25.0 Å². The molecule has 128 valence electrons. The Balaban J connectivity index is 2.32. The summed E-state index contributed by atoms with van der Waals surface area (Å²) >= 11 is 0. The van der Waals surface area contributed by atoms with Crippen LogP contribution in [0.1, 0.15) is 72.0 Å². The van der Waals surface area contributed by atoms with E-state index in [4.69, 9.17) is 4.84 Å². The third-order valence-corrected chi connectivity index (χ3v) is 5.14. The van der Waals surface area contributed by atoms with Gasteiger partial charge in [-0.05, 0) is 39.2 Å². The van der Waals surface area contributed by atoms with Crippen LogP contribution in [0.3, 0.4) is 0 Å². The molecule has 1 fully saturated rings. The van der Waals surface area contributed by atoms with Gasteiger partial charge in [0.2, 0.25) is 0 Å². The third kappa shape index (κ3) is 3.59. The molecule has 1 aromatic carbocycles. The lowest BCUT2D eigenvalue weighted by Crippen LogP contribution is -2.63. The van der Waals surface area contributed by atoms with Crippen molar-refractivity contribution in [3.63, 3.8) is 0 Å². The minimum absolute atomic E-state index is 0.0134. The van der Waals surface area contributed by atoms with E-state index in [9.17, 15) is 5.21 Å². The van der Waals surface area contributed by atoms with Crippen molar-refractivity contribution in [2.75, 3.05) is 0 Å². The maximum atomic E-state index is 9.32. The summed E-state index contributed by atoms with van der Waals surface area (Å²) in [6.07, 6.45) is 3.36. The molecule has 1 atom stereocenters. The Bertz CT molecular complexity index is 536. The van der Waals surface area contributed by atoms with Crippen LogP contribution < -0.4 is 0 Å². The predicted octanol–water partition coefficient (Wildman–Crippen LogP) is 4.94. The van der Waals surface area contributed by atoms with Gasteiger partial charge in [0.25, 0.3) is 0 Å². The number of hydrogen-bond acceptors (Lipinski definition) is 4. The van der Waals surface area contributed by atoms with E-state index in [1.807, 2.05) is 18.2 Å². The van der Waals surface area contributed by atoms with E-state index in [1.165, 1.54) is 5.56 Å². The molecular weight excluding hydrogens is 288 g/mol. The molecule has 23 heavy (non-hydrogen) atoms. The zero-order chi connectivity index (χ0) is 17.1. The van der Waals surface area contributed by atoms with E-state index in [2.05, 4.69) is 57.0 Å². The van der Waals surface area contributed by atoms with Gasteiger partial charge < -0.3 is 5.21 Å². The van der Waals surface area contributed by atoms with Crippen molar-refractivity contribution in [2.24, 2.45) is 5.16 Å². The van der Waals surface area contributed by atoms with Crippen LogP contribution in [0.15, 0.2) is 35.5 Å². The summed E-state index contributed by atoms with van der Waals surface area (Å²) in [5.74, 6) is 0. The zero-order valence-corrected chi connectivity index (χ0v) is 15.0. The van der Waals surface area contributed by atoms with Gasteiger partial charge in [-0.1, -0.05) is 49.3 Å². The molecule has 0 amide bonds. The van der Waals surface area contributed by atoms with Crippen molar-refractivity contribution in [3.8, 4) is 0 Å². The number of nitrogens with zero attached hydrogens (tertiary/aromatic N) is 2. The molecule has 4 nitrogen and oxygen atoms in total. The van der Waals surface area contributed by atoms with Gasteiger partial charge in [-0.15, -0.1) is 0 Å². The molecule has 0 saturated carbocycles. The van der Waals surface area contributed by atoms with E-state index >= 15 is 0 Å². The fourth-order valence-electron chi connectivity index (χ4n) is 3.78. The largest absolute Gasteiger partial charge is 0.411 e. The second-order valence-electron chi connectivity index (χ2n) is 7.22. The van der Waals surface area contributed by atoms with Gasteiger partial charge in [0.15, 0.2) is 0 Å². The Kier molecular flexibility index (Phi) is 5.48. The van der Waals surface area contributed by atoms with Crippen LogP contribution in [-0.4, -0.2) is 27.1 Å².